The first kappa shape index (κ1) is 15.5. The predicted molar refractivity (Wildman–Crippen MR) is 82.2 cm³/mol. The highest BCUT2D eigenvalue weighted by Gasteiger charge is 2.30. The van der Waals surface area contributed by atoms with Crippen molar-refractivity contribution in [2.75, 3.05) is 5.32 Å². The number of halogens is 4. The molecule has 1 N–H and O–H groups in total. The summed E-state index contributed by atoms with van der Waals surface area (Å²) in [6.07, 6.45) is -4.36. The molecule has 0 aliphatic rings. The van der Waals surface area contributed by atoms with Crippen molar-refractivity contribution >= 4 is 22.2 Å². The maximum Gasteiger partial charge on any atom is 0.416 e. The van der Waals surface area contributed by atoms with E-state index in [0.29, 0.717) is 22.1 Å². The number of para-hydroxylation sites is 1. The smallest absolute Gasteiger partial charge is 0.329 e. The fourth-order valence-electron chi connectivity index (χ4n) is 1.97. The van der Waals surface area contributed by atoms with Crippen LogP contribution in [0.4, 0.5) is 28.4 Å². The van der Waals surface area contributed by atoms with E-state index < -0.39 is 17.6 Å². The van der Waals surface area contributed by atoms with Crippen LogP contribution < -0.4 is 5.32 Å². The predicted octanol–water partition coefficient (Wildman–Crippen LogP) is 5.71. The summed E-state index contributed by atoms with van der Waals surface area (Å²) in [5, 5.41) is 5.01. The van der Waals surface area contributed by atoms with E-state index in [-0.39, 0.29) is 0 Å². The van der Waals surface area contributed by atoms with Gasteiger partial charge < -0.3 is 5.32 Å². The lowest BCUT2D eigenvalue weighted by molar-refractivity contribution is -0.137. The number of rotatable bonds is 3. The molecule has 1 aromatic heterocycles. The molecule has 0 fully saturated rings. The first-order valence-electron chi connectivity index (χ1n) is 6.58. The molecule has 0 saturated carbocycles. The van der Waals surface area contributed by atoms with Crippen molar-refractivity contribution in [2.45, 2.75) is 6.18 Å². The minimum absolute atomic E-state index is 0.292. The van der Waals surface area contributed by atoms with Crippen LogP contribution in [0.25, 0.3) is 11.3 Å². The first-order valence-corrected chi connectivity index (χ1v) is 7.46. The fourth-order valence-corrected chi connectivity index (χ4v) is 2.70. The van der Waals surface area contributed by atoms with Gasteiger partial charge in [-0.15, -0.1) is 11.3 Å². The summed E-state index contributed by atoms with van der Waals surface area (Å²) in [4.78, 5) is 4.27. The van der Waals surface area contributed by atoms with Gasteiger partial charge in [-0.3, -0.25) is 0 Å². The summed E-state index contributed by atoms with van der Waals surface area (Å²) in [5.41, 5.74) is 0.681. The summed E-state index contributed by atoms with van der Waals surface area (Å²) in [6, 6.07) is 10.9. The average Bonchev–Trinajstić information content (AvgIpc) is 2.97. The number of nitrogens with zero attached hydrogens (tertiary/aromatic N) is 1. The molecule has 3 rings (SSSR count). The van der Waals surface area contributed by atoms with Crippen molar-refractivity contribution in [1.29, 1.82) is 0 Å². The van der Waals surface area contributed by atoms with Gasteiger partial charge in [-0.25, -0.2) is 9.37 Å². The van der Waals surface area contributed by atoms with Crippen LogP contribution in [0.15, 0.2) is 53.9 Å². The molecule has 0 amide bonds. The highest BCUT2D eigenvalue weighted by molar-refractivity contribution is 7.14. The Labute approximate surface area is 133 Å². The Morgan fingerprint density at radius 2 is 1.65 bits per heavy atom. The molecular formula is C16H10F4N2S. The van der Waals surface area contributed by atoms with E-state index in [1.54, 1.807) is 23.6 Å². The Morgan fingerprint density at radius 1 is 0.957 bits per heavy atom. The normalized spacial score (nSPS) is 11.5. The van der Waals surface area contributed by atoms with E-state index in [1.807, 2.05) is 0 Å². The molecule has 0 unspecified atom stereocenters. The van der Waals surface area contributed by atoms with Gasteiger partial charge in [0, 0.05) is 10.9 Å². The topological polar surface area (TPSA) is 24.9 Å². The second-order valence-corrected chi connectivity index (χ2v) is 5.58. The molecule has 0 aliphatic heterocycles. The van der Waals surface area contributed by atoms with E-state index in [2.05, 4.69) is 10.3 Å². The number of thiazole rings is 1. The number of alkyl halides is 3. The second kappa shape index (κ2) is 6.00. The van der Waals surface area contributed by atoms with Crippen LogP contribution in [-0.4, -0.2) is 4.98 Å². The lowest BCUT2D eigenvalue weighted by Gasteiger charge is -2.06. The molecule has 0 atom stereocenters. The Hall–Kier alpha value is -2.41. The molecular weight excluding hydrogens is 328 g/mol. The van der Waals surface area contributed by atoms with Crippen molar-refractivity contribution < 1.29 is 17.6 Å². The number of anilines is 2. The van der Waals surface area contributed by atoms with Crippen molar-refractivity contribution in [2.24, 2.45) is 0 Å². The van der Waals surface area contributed by atoms with Crippen LogP contribution in [0.2, 0.25) is 0 Å². The standard InChI is InChI=1S/C16H10F4N2S/c17-12-3-1-2-4-13(12)21-15-22-14(9-23-15)10-5-7-11(8-6-10)16(18,19)20/h1-9H,(H,21,22). The first-order chi connectivity index (χ1) is 10.9. The van der Waals surface area contributed by atoms with Gasteiger partial charge in [0.1, 0.15) is 5.82 Å². The molecule has 0 aliphatic carbocycles. The molecule has 7 heteroatoms. The maximum absolute atomic E-state index is 13.6. The van der Waals surface area contributed by atoms with E-state index in [1.165, 1.54) is 29.5 Å². The highest BCUT2D eigenvalue weighted by atomic mass is 32.1. The zero-order valence-electron chi connectivity index (χ0n) is 11.6. The molecule has 2 aromatic carbocycles. The molecule has 0 bridgehead atoms. The second-order valence-electron chi connectivity index (χ2n) is 4.72. The third-order valence-electron chi connectivity index (χ3n) is 3.13. The lowest BCUT2D eigenvalue weighted by atomic mass is 10.1. The van der Waals surface area contributed by atoms with Crippen LogP contribution in [0.3, 0.4) is 0 Å². The number of benzene rings is 2. The third-order valence-corrected chi connectivity index (χ3v) is 3.89. The van der Waals surface area contributed by atoms with Gasteiger partial charge in [-0.1, -0.05) is 24.3 Å². The van der Waals surface area contributed by atoms with Crippen LogP contribution in [0.5, 0.6) is 0 Å². The molecule has 0 spiro atoms. The average molecular weight is 338 g/mol. The minimum atomic E-state index is -4.36. The number of hydrogen-bond donors (Lipinski definition) is 1. The van der Waals surface area contributed by atoms with Crippen LogP contribution in [0, 0.1) is 5.82 Å². The van der Waals surface area contributed by atoms with Gasteiger partial charge in [0.2, 0.25) is 0 Å². The van der Waals surface area contributed by atoms with Gasteiger partial charge in [0.05, 0.1) is 16.9 Å². The Morgan fingerprint density at radius 3 is 2.30 bits per heavy atom. The third kappa shape index (κ3) is 3.50. The number of nitrogens with one attached hydrogen (secondary N) is 1. The summed E-state index contributed by atoms with van der Waals surface area (Å²) in [6.45, 7) is 0. The van der Waals surface area contributed by atoms with Crippen molar-refractivity contribution in [3.8, 4) is 11.3 Å². The van der Waals surface area contributed by atoms with E-state index in [4.69, 9.17) is 0 Å². The molecule has 118 valence electrons. The van der Waals surface area contributed by atoms with Crippen LogP contribution in [-0.2, 0) is 6.18 Å². The van der Waals surface area contributed by atoms with Crippen LogP contribution in [0.1, 0.15) is 5.56 Å². The zero-order chi connectivity index (χ0) is 16.4. The highest BCUT2D eigenvalue weighted by Crippen LogP contribution is 2.32. The summed E-state index contributed by atoms with van der Waals surface area (Å²) in [7, 11) is 0. The summed E-state index contributed by atoms with van der Waals surface area (Å²) < 4.78 is 51.2. The quantitative estimate of drug-likeness (QED) is 0.619. The van der Waals surface area contributed by atoms with E-state index in [9.17, 15) is 17.6 Å². The Kier molecular flexibility index (Phi) is 4.04. The molecule has 0 saturated heterocycles. The van der Waals surface area contributed by atoms with Gasteiger partial charge in [-0.05, 0) is 24.3 Å². The fraction of sp³-hybridized carbons (Fsp3) is 0.0625. The van der Waals surface area contributed by atoms with Crippen molar-refractivity contribution in [3.63, 3.8) is 0 Å². The Balaban J connectivity index is 1.81. The van der Waals surface area contributed by atoms with Gasteiger partial charge in [0.25, 0.3) is 0 Å². The minimum Gasteiger partial charge on any atom is -0.329 e. The van der Waals surface area contributed by atoms with Crippen molar-refractivity contribution in [3.05, 3.63) is 65.3 Å². The van der Waals surface area contributed by atoms with E-state index in [0.717, 1.165) is 12.1 Å². The molecule has 2 nitrogen and oxygen atoms in total. The van der Waals surface area contributed by atoms with E-state index >= 15 is 0 Å². The van der Waals surface area contributed by atoms with Crippen LogP contribution >= 0.6 is 11.3 Å². The SMILES string of the molecule is Fc1ccccc1Nc1nc(-c2ccc(C(F)(F)F)cc2)cs1. The van der Waals surface area contributed by atoms with Gasteiger partial charge in [0.15, 0.2) is 5.13 Å². The maximum atomic E-state index is 13.6. The Bertz CT molecular complexity index is 809. The monoisotopic (exact) mass is 338 g/mol. The molecule has 1 heterocycles. The lowest BCUT2D eigenvalue weighted by Crippen LogP contribution is -2.03. The molecule has 0 radical (unpaired) electrons. The zero-order valence-corrected chi connectivity index (χ0v) is 12.4. The molecule has 23 heavy (non-hydrogen) atoms. The van der Waals surface area contributed by atoms with Gasteiger partial charge >= 0.3 is 6.18 Å². The largest absolute Gasteiger partial charge is 0.416 e. The van der Waals surface area contributed by atoms with Crippen molar-refractivity contribution in [1.82, 2.24) is 4.98 Å². The summed E-state index contributed by atoms with van der Waals surface area (Å²) in [5.74, 6) is -0.404. The summed E-state index contributed by atoms with van der Waals surface area (Å²) >= 11 is 1.25. The van der Waals surface area contributed by atoms with Gasteiger partial charge in [-0.2, -0.15) is 13.2 Å². The number of aromatic nitrogens is 1. The molecule has 3 aromatic rings. The number of hydrogen-bond acceptors (Lipinski definition) is 3.